The smallest absolute Gasteiger partial charge is 0.261 e. The number of para-hydroxylation sites is 1. The average molecular weight is 311 g/mol. The lowest BCUT2D eigenvalue weighted by Crippen LogP contribution is -2.34. The summed E-state index contributed by atoms with van der Waals surface area (Å²) in [4.78, 5) is 30.2. The first-order chi connectivity index (χ1) is 11.1. The van der Waals surface area contributed by atoms with E-state index >= 15 is 0 Å². The Labute approximate surface area is 131 Å². The summed E-state index contributed by atoms with van der Waals surface area (Å²) in [6.07, 6.45) is 1.26. The summed E-state index contributed by atoms with van der Waals surface area (Å²) in [5.41, 5.74) is 0.640. The van der Waals surface area contributed by atoms with Crippen molar-refractivity contribution >= 4 is 22.5 Å². The highest BCUT2D eigenvalue weighted by atomic mass is 19.1. The molecule has 5 nitrogen and oxygen atoms in total. The summed E-state index contributed by atoms with van der Waals surface area (Å²) < 4.78 is 14.4. The molecule has 2 aromatic carbocycles. The molecule has 1 aromatic heterocycles. The van der Waals surface area contributed by atoms with Crippen molar-refractivity contribution in [2.45, 2.75) is 6.54 Å². The molecule has 1 heterocycles. The Morgan fingerprint density at radius 2 is 1.96 bits per heavy atom. The van der Waals surface area contributed by atoms with E-state index in [0.29, 0.717) is 0 Å². The van der Waals surface area contributed by atoms with Gasteiger partial charge in [-0.25, -0.2) is 9.37 Å². The average Bonchev–Trinajstić information content (AvgIpc) is 2.57. The van der Waals surface area contributed by atoms with E-state index in [1.54, 1.807) is 7.05 Å². The van der Waals surface area contributed by atoms with Gasteiger partial charge in [0, 0.05) is 18.8 Å². The maximum atomic E-state index is 13.2. The van der Waals surface area contributed by atoms with Crippen LogP contribution < -0.4 is 10.5 Å². The zero-order valence-corrected chi connectivity index (χ0v) is 12.4. The largest absolute Gasteiger partial charge is 0.314 e. The van der Waals surface area contributed by atoms with Gasteiger partial charge in [0.15, 0.2) is 0 Å². The lowest BCUT2D eigenvalue weighted by Gasteiger charge is -2.17. The number of likely N-dealkylation sites (N-methyl/N-ethyl adjacent to an activating group) is 1. The lowest BCUT2D eigenvalue weighted by molar-refractivity contribution is -0.118. The van der Waals surface area contributed by atoms with Gasteiger partial charge in [0.25, 0.3) is 5.56 Å². The van der Waals surface area contributed by atoms with Gasteiger partial charge in [-0.2, -0.15) is 0 Å². The molecule has 0 saturated heterocycles. The Bertz CT molecular complexity index is 922. The summed E-state index contributed by atoms with van der Waals surface area (Å²) >= 11 is 0. The highest BCUT2D eigenvalue weighted by Crippen LogP contribution is 2.12. The number of anilines is 1. The SMILES string of the molecule is CN(C(=O)Cn1cnc2cc(F)ccc2c1=O)c1ccccc1. The fourth-order valence-electron chi connectivity index (χ4n) is 2.29. The third-order valence-electron chi connectivity index (χ3n) is 3.61. The Morgan fingerprint density at radius 3 is 2.70 bits per heavy atom. The first-order valence-corrected chi connectivity index (χ1v) is 7.02. The van der Waals surface area contributed by atoms with Crippen LogP contribution in [0, 0.1) is 5.82 Å². The van der Waals surface area contributed by atoms with Crippen molar-refractivity contribution in [2.24, 2.45) is 0 Å². The zero-order valence-electron chi connectivity index (χ0n) is 12.4. The van der Waals surface area contributed by atoms with Crippen LogP contribution in [0.2, 0.25) is 0 Å². The summed E-state index contributed by atoms with van der Waals surface area (Å²) in [6, 6.07) is 12.9. The van der Waals surface area contributed by atoms with E-state index in [4.69, 9.17) is 0 Å². The van der Waals surface area contributed by atoms with Crippen LogP contribution in [0.4, 0.5) is 10.1 Å². The number of halogens is 1. The second-order valence-corrected chi connectivity index (χ2v) is 5.13. The van der Waals surface area contributed by atoms with Crippen LogP contribution in [0.5, 0.6) is 0 Å². The topological polar surface area (TPSA) is 55.2 Å². The summed E-state index contributed by atoms with van der Waals surface area (Å²) in [5.74, 6) is -0.705. The number of carbonyl (C=O) groups excluding carboxylic acids is 1. The molecular formula is C17H14FN3O2. The van der Waals surface area contributed by atoms with Gasteiger partial charge in [-0.1, -0.05) is 18.2 Å². The number of carbonyl (C=O) groups is 1. The van der Waals surface area contributed by atoms with Crippen LogP contribution in [0.15, 0.2) is 59.7 Å². The van der Waals surface area contributed by atoms with Crippen LogP contribution in [0.1, 0.15) is 0 Å². The highest BCUT2D eigenvalue weighted by molar-refractivity contribution is 5.92. The van der Waals surface area contributed by atoms with Gasteiger partial charge in [0.2, 0.25) is 5.91 Å². The zero-order chi connectivity index (χ0) is 16.4. The van der Waals surface area contributed by atoms with Crippen molar-refractivity contribution in [3.05, 3.63) is 71.0 Å². The molecule has 0 aliphatic carbocycles. The molecule has 0 aliphatic rings. The van der Waals surface area contributed by atoms with Crippen molar-refractivity contribution in [2.75, 3.05) is 11.9 Å². The number of hydrogen-bond acceptors (Lipinski definition) is 3. The molecule has 0 fully saturated rings. The Morgan fingerprint density at radius 1 is 1.22 bits per heavy atom. The molecule has 0 saturated carbocycles. The summed E-state index contributed by atoms with van der Waals surface area (Å²) in [7, 11) is 1.65. The van der Waals surface area contributed by atoms with Gasteiger partial charge < -0.3 is 4.90 Å². The number of rotatable bonds is 3. The maximum Gasteiger partial charge on any atom is 0.261 e. The van der Waals surface area contributed by atoms with Crippen LogP contribution in [0.25, 0.3) is 10.9 Å². The van der Waals surface area contributed by atoms with Crippen LogP contribution in [-0.4, -0.2) is 22.5 Å². The fraction of sp³-hybridized carbons (Fsp3) is 0.118. The summed E-state index contributed by atoms with van der Waals surface area (Å²) in [5, 5.41) is 0.282. The number of amides is 1. The number of nitrogens with zero attached hydrogens (tertiary/aromatic N) is 3. The van der Waals surface area contributed by atoms with Crippen LogP contribution in [-0.2, 0) is 11.3 Å². The molecule has 0 bridgehead atoms. The van der Waals surface area contributed by atoms with Crippen LogP contribution in [0.3, 0.4) is 0 Å². The van der Waals surface area contributed by atoms with Gasteiger partial charge >= 0.3 is 0 Å². The Hall–Kier alpha value is -3.02. The maximum absolute atomic E-state index is 13.2. The first-order valence-electron chi connectivity index (χ1n) is 7.02. The minimum atomic E-state index is -0.456. The number of benzene rings is 2. The summed E-state index contributed by atoms with van der Waals surface area (Å²) in [6.45, 7) is -0.134. The molecular weight excluding hydrogens is 297 g/mol. The van der Waals surface area contributed by atoms with Gasteiger partial charge in [-0.15, -0.1) is 0 Å². The predicted molar refractivity (Wildman–Crippen MR) is 85.8 cm³/mol. The minimum Gasteiger partial charge on any atom is -0.314 e. The van der Waals surface area contributed by atoms with Crippen LogP contribution >= 0.6 is 0 Å². The molecule has 3 rings (SSSR count). The molecule has 1 amide bonds. The van der Waals surface area contributed by atoms with E-state index in [2.05, 4.69) is 4.98 Å². The molecule has 3 aromatic rings. The standard InChI is InChI=1S/C17H14FN3O2/c1-20(13-5-3-2-4-6-13)16(22)10-21-11-19-15-9-12(18)7-8-14(15)17(21)23/h2-9,11H,10H2,1H3. The molecule has 116 valence electrons. The Kier molecular flexibility index (Phi) is 3.89. The van der Waals surface area contributed by atoms with Crippen molar-refractivity contribution < 1.29 is 9.18 Å². The van der Waals surface area contributed by atoms with Gasteiger partial charge in [0.05, 0.1) is 17.2 Å². The Balaban J connectivity index is 1.90. The predicted octanol–water partition coefficient (Wildman–Crippen LogP) is 2.20. The van der Waals surface area contributed by atoms with Crippen molar-refractivity contribution in [1.82, 2.24) is 9.55 Å². The van der Waals surface area contributed by atoms with Gasteiger partial charge in [0.1, 0.15) is 12.4 Å². The van der Waals surface area contributed by atoms with E-state index in [1.807, 2.05) is 30.3 Å². The molecule has 0 radical (unpaired) electrons. The second-order valence-electron chi connectivity index (χ2n) is 5.13. The van der Waals surface area contributed by atoms with Gasteiger partial charge in [-0.3, -0.25) is 14.2 Å². The fourth-order valence-corrected chi connectivity index (χ4v) is 2.29. The van der Waals surface area contributed by atoms with E-state index < -0.39 is 5.82 Å². The molecule has 0 aliphatic heterocycles. The molecule has 0 unspecified atom stereocenters. The quantitative estimate of drug-likeness (QED) is 0.745. The van der Waals surface area contributed by atoms with Crippen molar-refractivity contribution in [1.29, 1.82) is 0 Å². The third-order valence-corrected chi connectivity index (χ3v) is 3.61. The van der Waals surface area contributed by atoms with E-state index in [0.717, 1.165) is 5.69 Å². The second kappa shape index (κ2) is 6.00. The minimum absolute atomic E-state index is 0.134. The highest BCUT2D eigenvalue weighted by Gasteiger charge is 2.13. The normalized spacial score (nSPS) is 10.7. The number of fused-ring (bicyclic) bond motifs is 1. The monoisotopic (exact) mass is 311 g/mol. The third kappa shape index (κ3) is 2.96. The molecule has 6 heteroatoms. The van der Waals surface area contributed by atoms with E-state index in [-0.39, 0.29) is 28.9 Å². The van der Waals surface area contributed by atoms with Crippen molar-refractivity contribution in [3.8, 4) is 0 Å². The molecule has 23 heavy (non-hydrogen) atoms. The van der Waals surface area contributed by atoms with Gasteiger partial charge in [-0.05, 0) is 24.3 Å². The molecule has 0 spiro atoms. The number of aromatic nitrogens is 2. The van der Waals surface area contributed by atoms with Crippen molar-refractivity contribution in [3.63, 3.8) is 0 Å². The molecule has 0 atom stereocenters. The number of hydrogen-bond donors (Lipinski definition) is 0. The first kappa shape index (κ1) is 14.9. The van der Waals surface area contributed by atoms with E-state index in [9.17, 15) is 14.0 Å². The van der Waals surface area contributed by atoms with E-state index in [1.165, 1.54) is 34.0 Å². The lowest BCUT2D eigenvalue weighted by atomic mass is 10.2. The molecule has 0 N–H and O–H groups in total.